The first kappa shape index (κ1) is 25.1. The van der Waals surface area contributed by atoms with Gasteiger partial charge in [0.2, 0.25) is 0 Å². The maximum absolute atomic E-state index is 12.4. The van der Waals surface area contributed by atoms with E-state index in [1.807, 2.05) is 24.3 Å². The van der Waals surface area contributed by atoms with E-state index in [4.69, 9.17) is 14.2 Å². The molecule has 3 aliphatic rings. The number of hydrogen-bond acceptors (Lipinski definition) is 6. The van der Waals surface area contributed by atoms with E-state index in [-0.39, 0.29) is 42.3 Å². The Morgan fingerprint density at radius 1 is 1.10 bits per heavy atom. The Kier molecular flexibility index (Phi) is 9.54. The number of hydrogen-bond donors (Lipinski definition) is 1. The van der Waals surface area contributed by atoms with Gasteiger partial charge in [0, 0.05) is 13.0 Å². The summed E-state index contributed by atoms with van der Waals surface area (Å²) in [6.45, 7) is 5.61. The van der Waals surface area contributed by atoms with Crippen molar-refractivity contribution < 1.29 is 19.0 Å². The van der Waals surface area contributed by atoms with Crippen molar-refractivity contribution in [2.24, 2.45) is 11.3 Å². The monoisotopic (exact) mass is 460 g/mol. The Labute approximate surface area is 191 Å². The topological polar surface area (TPSA) is 60.0 Å². The number of halogens is 2. The van der Waals surface area contributed by atoms with E-state index in [0.717, 1.165) is 82.9 Å². The lowest BCUT2D eigenvalue weighted by Crippen LogP contribution is -2.41. The van der Waals surface area contributed by atoms with Crippen molar-refractivity contribution in [3.05, 3.63) is 24.3 Å². The molecule has 1 aromatic rings. The highest BCUT2D eigenvalue weighted by Crippen LogP contribution is 2.41. The van der Waals surface area contributed by atoms with Crippen molar-refractivity contribution >= 4 is 30.8 Å². The lowest BCUT2D eigenvalue weighted by atomic mass is 9.76. The number of benzene rings is 1. The molecule has 170 valence electrons. The molecule has 1 aromatic carbocycles. The molecule has 1 spiro atoms. The first-order valence-electron chi connectivity index (χ1n) is 10.6. The van der Waals surface area contributed by atoms with Gasteiger partial charge in [-0.25, -0.2) is 0 Å². The van der Waals surface area contributed by atoms with E-state index < -0.39 is 0 Å². The van der Waals surface area contributed by atoms with E-state index in [1.54, 1.807) is 7.11 Å². The molecule has 3 fully saturated rings. The molecule has 0 saturated carbocycles. The number of cyclic esters (lactones) is 1. The zero-order valence-corrected chi connectivity index (χ0v) is 19.3. The zero-order chi connectivity index (χ0) is 19.4. The van der Waals surface area contributed by atoms with Gasteiger partial charge in [-0.05, 0) is 82.0 Å². The number of likely N-dealkylation sites (tertiary alicyclic amines) is 1. The van der Waals surface area contributed by atoms with E-state index in [1.165, 1.54) is 0 Å². The van der Waals surface area contributed by atoms with Crippen LogP contribution in [-0.4, -0.2) is 63.4 Å². The van der Waals surface area contributed by atoms with Gasteiger partial charge in [-0.15, -0.1) is 24.8 Å². The molecule has 0 radical (unpaired) electrons. The highest BCUT2D eigenvalue weighted by molar-refractivity contribution is 5.85. The van der Waals surface area contributed by atoms with Crippen LogP contribution in [0.3, 0.4) is 0 Å². The van der Waals surface area contributed by atoms with Gasteiger partial charge in [0.1, 0.15) is 17.6 Å². The summed E-state index contributed by atoms with van der Waals surface area (Å²) in [6, 6.07) is 7.77. The second kappa shape index (κ2) is 11.4. The summed E-state index contributed by atoms with van der Waals surface area (Å²) in [5.41, 5.74) is -0.208. The number of esters is 1. The number of piperidine rings is 2. The molecular weight excluding hydrogens is 427 g/mol. The SMILES string of the molecule is COc1ccc(OCC2CCN(CC3CC4(CCNCC4)C(=O)O3)CC2)cc1.Cl.Cl. The number of ether oxygens (including phenoxy) is 3. The summed E-state index contributed by atoms with van der Waals surface area (Å²) >= 11 is 0. The average Bonchev–Trinajstić information content (AvgIpc) is 3.02. The third-order valence-corrected chi connectivity index (χ3v) is 6.60. The number of rotatable bonds is 6. The van der Waals surface area contributed by atoms with Crippen molar-refractivity contribution in [3.8, 4) is 11.5 Å². The van der Waals surface area contributed by atoms with E-state index >= 15 is 0 Å². The molecule has 1 N–H and O–H groups in total. The summed E-state index contributed by atoms with van der Waals surface area (Å²) < 4.78 is 16.9. The number of methoxy groups -OCH3 is 1. The van der Waals surface area contributed by atoms with Crippen LogP contribution in [0.2, 0.25) is 0 Å². The maximum atomic E-state index is 12.4. The van der Waals surface area contributed by atoms with Crippen LogP contribution < -0.4 is 14.8 Å². The minimum Gasteiger partial charge on any atom is -0.497 e. The zero-order valence-electron chi connectivity index (χ0n) is 17.6. The summed E-state index contributed by atoms with van der Waals surface area (Å²) in [5, 5.41) is 3.35. The minimum absolute atomic E-state index is 0. The molecule has 3 saturated heterocycles. The van der Waals surface area contributed by atoms with Gasteiger partial charge in [-0.1, -0.05) is 0 Å². The smallest absolute Gasteiger partial charge is 0.312 e. The van der Waals surface area contributed by atoms with Crippen LogP contribution in [0.15, 0.2) is 24.3 Å². The Balaban J connectivity index is 0.00000160. The van der Waals surface area contributed by atoms with E-state index in [9.17, 15) is 4.79 Å². The predicted octanol–water partition coefficient (Wildman–Crippen LogP) is 3.31. The fourth-order valence-electron chi connectivity index (χ4n) is 4.76. The molecule has 3 aliphatic heterocycles. The van der Waals surface area contributed by atoms with Gasteiger partial charge in [0.15, 0.2) is 0 Å². The predicted molar refractivity (Wildman–Crippen MR) is 121 cm³/mol. The lowest BCUT2D eigenvalue weighted by molar-refractivity contribution is -0.150. The first-order valence-corrected chi connectivity index (χ1v) is 10.6. The number of nitrogens with one attached hydrogen (secondary N) is 1. The fourth-order valence-corrected chi connectivity index (χ4v) is 4.76. The second-order valence-electron chi connectivity index (χ2n) is 8.49. The van der Waals surface area contributed by atoms with E-state index in [0.29, 0.717) is 5.92 Å². The highest BCUT2D eigenvalue weighted by atomic mass is 35.5. The van der Waals surface area contributed by atoms with Crippen molar-refractivity contribution in [1.29, 1.82) is 0 Å². The van der Waals surface area contributed by atoms with Gasteiger partial charge in [-0.3, -0.25) is 9.69 Å². The fraction of sp³-hybridized carbons (Fsp3) is 0.682. The quantitative estimate of drug-likeness (QED) is 0.656. The summed E-state index contributed by atoms with van der Waals surface area (Å²) in [5.74, 6) is 2.37. The Bertz CT molecular complexity index is 660. The second-order valence-corrected chi connectivity index (χ2v) is 8.49. The summed E-state index contributed by atoms with van der Waals surface area (Å²) in [6.07, 6.45) is 5.07. The normalized spacial score (nSPS) is 23.9. The summed E-state index contributed by atoms with van der Waals surface area (Å²) in [4.78, 5) is 14.9. The Morgan fingerprint density at radius 3 is 2.37 bits per heavy atom. The number of carbonyl (C=O) groups is 1. The minimum atomic E-state index is -0.208. The maximum Gasteiger partial charge on any atom is 0.312 e. The molecule has 0 aromatic heterocycles. The van der Waals surface area contributed by atoms with Crippen molar-refractivity contribution in [3.63, 3.8) is 0 Å². The van der Waals surface area contributed by atoms with Crippen LogP contribution in [-0.2, 0) is 9.53 Å². The molecule has 30 heavy (non-hydrogen) atoms. The van der Waals surface area contributed by atoms with Gasteiger partial charge in [-0.2, -0.15) is 0 Å². The van der Waals surface area contributed by atoms with Crippen LogP contribution in [0, 0.1) is 11.3 Å². The number of nitrogens with zero attached hydrogens (tertiary/aromatic N) is 1. The van der Waals surface area contributed by atoms with E-state index in [2.05, 4.69) is 10.2 Å². The van der Waals surface area contributed by atoms with Crippen molar-refractivity contribution in [2.75, 3.05) is 46.4 Å². The van der Waals surface area contributed by atoms with Crippen LogP contribution in [0.25, 0.3) is 0 Å². The van der Waals surface area contributed by atoms with Crippen LogP contribution >= 0.6 is 24.8 Å². The van der Waals surface area contributed by atoms with Gasteiger partial charge in [0.05, 0.1) is 19.1 Å². The third kappa shape index (κ3) is 5.94. The molecule has 8 heteroatoms. The lowest BCUT2D eigenvalue weighted by Gasteiger charge is -2.33. The first-order chi connectivity index (χ1) is 13.7. The molecule has 1 atom stereocenters. The van der Waals surface area contributed by atoms with Crippen LogP contribution in [0.5, 0.6) is 11.5 Å². The number of carbonyl (C=O) groups excluding carboxylic acids is 1. The molecule has 1 unspecified atom stereocenters. The highest BCUT2D eigenvalue weighted by Gasteiger charge is 2.49. The van der Waals surface area contributed by atoms with Crippen LogP contribution in [0.1, 0.15) is 32.1 Å². The van der Waals surface area contributed by atoms with Crippen LogP contribution in [0.4, 0.5) is 0 Å². The van der Waals surface area contributed by atoms with Crippen molar-refractivity contribution in [2.45, 2.75) is 38.2 Å². The molecular formula is C22H34Cl2N2O4. The molecule has 0 aliphatic carbocycles. The van der Waals surface area contributed by atoms with Gasteiger partial charge >= 0.3 is 5.97 Å². The third-order valence-electron chi connectivity index (χ3n) is 6.60. The Morgan fingerprint density at radius 2 is 1.73 bits per heavy atom. The molecule has 3 heterocycles. The molecule has 0 amide bonds. The molecule has 4 rings (SSSR count). The average molecular weight is 461 g/mol. The van der Waals surface area contributed by atoms with Gasteiger partial charge in [0.25, 0.3) is 0 Å². The largest absolute Gasteiger partial charge is 0.497 e. The standard InChI is InChI=1S/C22H32N2O4.2ClH/c1-26-18-2-4-19(5-3-18)27-16-17-6-12-24(13-7-17)15-20-14-22(21(25)28-20)8-10-23-11-9-22;;/h2-5,17,20,23H,6-16H2,1H3;2*1H. The van der Waals surface area contributed by atoms with Crippen molar-refractivity contribution in [1.82, 2.24) is 10.2 Å². The summed E-state index contributed by atoms with van der Waals surface area (Å²) in [7, 11) is 1.67. The van der Waals surface area contributed by atoms with Gasteiger partial charge < -0.3 is 19.5 Å². The molecule has 0 bridgehead atoms. The Hall–Kier alpha value is -1.21. The molecule has 6 nitrogen and oxygen atoms in total.